The molecule has 0 radical (unpaired) electrons. The van der Waals surface area contributed by atoms with Crippen molar-refractivity contribution in [3.63, 3.8) is 0 Å². The maximum Gasteiger partial charge on any atom is 0.404 e. The highest BCUT2D eigenvalue weighted by Crippen LogP contribution is 2.34. The first kappa shape index (κ1) is 20.3. The fraction of sp³-hybridized carbons (Fsp3) is 0.400. The van der Waals surface area contributed by atoms with E-state index in [1.807, 2.05) is 0 Å². The van der Waals surface area contributed by atoms with E-state index >= 15 is 0 Å². The molecule has 1 aliphatic rings. The molecule has 1 aliphatic carbocycles. The van der Waals surface area contributed by atoms with Crippen LogP contribution in [-0.2, 0) is 4.74 Å². The van der Waals surface area contributed by atoms with E-state index in [0.29, 0.717) is 28.5 Å². The fourth-order valence-corrected chi connectivity index (χ4v) is 3.55. The third-order valence-corrected chi connectivity index (χ3v) is 5.36. The number of nitrogens with two attached hydrogens (primary N) is 1. The second kappa shape index (κ2) is 8.83. The molecule has 3 aromatic rings. The number of anilines is 1. The van der Waals surface area contributed by atoms with Crippen LogP contribution in [0.1, 0.15) is 32.1 Å². The molecule has 3 heterocycles. The number of carbonyl (C=O) groups excluding carboxylic acids is 1. The summed E-state index contributed by atoms with van der Waals surface area (Å²) in [5.74, 6) is 0.621. The van der Waals surface area contributed by atoms with E-state index in [9.17, 15) is 9.18 Å². The fourth-order valence-electron chi connectivity index (χ4n) is 3.39. The van der Waals surface area contributed by atoms with Crippen molar-refractivity contribution < 1.29 is 13.9 Å². The minimum atomic E-state index is -0.821. The maximum absolute atomic E-state index is 14.5. The average molecular weight is 433 g/mol. The predicted molar refractivity (Wildman–Crippen MR) is 112 cm³/mol. The van der Waals surface area contributed by atoms with Gasteiger partial charge in [-0.2, -0.15) is 0 Å². The van der Waals surface area contributed by atoms with E-state index in [1.165, 1.54) is 12.8 Å². The van der Waals surface area contributed by atoms with Gasteiger partial charge in [-0.3, -0.25) is 0 Å². The zero-order valence-corrected chi connectivity index (χ0v) is 17.0. The molecule has 8 nitrogen and oxygen atoms in total. The van der Waals surface area contributed by atoms with Crippen molar-refractivity contribution in [2.24, 2.45) is 11.7 Å². The quantitative estimate of drug-likeness (QED) is 0.464. The lowest BCUT2D eigenvalue weighted by Gasteiger charge is -2.19. The van der Waals surface area contributed by atoms with Crippen LogP contribution in [0.5, 0.6) is 0 Å². The van der Waals surface area contributed by atoms with Gasteiger partial charge in [-0.05, 0) is 24.8 Å². The Labute approximate surface area is 177 Å². The van der Waals surface area contributed by atoms with Crippen LogP contribution in [0.4, 0.5) is 15.0 Å². The van der Waals surface area contributed by atoms with Crippen LogP contribution in [0.2, 0.25) is 5.02 Å². The Kier molecular flexibility index (Phi) is 5.98. The number of ether oxygens (including phenoxy) is 1. The third-order valence-electron chi connectivity index (χ3n) is 5.15. The van der Waals surface area contributed by atoms with Gasteiger partial charge in [-0.15, -0.1) is 0 Å². The number of aromatic amines is 1. The molecule has 0 bridgehead atoms. The van der Waals surface area contributed by atoms with Gasteiger partial charge in [-0.25, -0.2) is 24.1 Å². The summed E-state index contributed by atoms with van der Waals surface area (Å²) < 4.78 is 19.3. The number of carbonyl (C=O) groups is 1. The molecule has 4 rings (SSSR count). The van der Waals surface area contributed by atoms with Crippen LogP contribution in [0, 0.1) is 11.7 Å². The van der Waals surface area contributed by atoms with Gasteiger partial charge >= 0.3 is 6.09 Å². The lowest BCUT2D eigenvalue weighted by Crippen LogP contribution is -2.25. The first-order valence-electron chi connectivity index (χ1n) is 9.84. The van der Waals surface area contributed by atoms with Gasteiger partial charge in [0, 0.05) is 35.8 Å². The number of amides is 1. The largest absolute Gasteiger partial charge is 0.450 e. The Bertz CT molecular complexity index is 1050. The number of halogens is 2. The number of primary amides is 1. The monoisotopic (exact) mass is 432 g/mol. The van der Waals surface area contributed by atoms with Gasteiger partial charge in [-0.1, -0.05) is 24.4 Å². The molecule has 4 N–H and O–H groups in total. The molecular formula is C20H22ClFN6O2. The van der Waals surface area contributed by atoms with Gasteiger partial charge < -0.3 is 20.8 Å². The minimum absolute atomic E-state index is 0.101. The normalized spacial score (nSPS) is 14.6. The Morgan fingerprint density at radius 2 is 2.20 bits per heavy atom. The molecule has 0 aliphatic heterocycles. The van der Waals surface area contributed by atoms with Crippen molar-refractivity contribution in [1.29, 1.82) is 0 Å². The average Bonchev–Trinajstić information content (AvgIpc) is 3.45. The van der Waals surface area contributed by atoms with Crippen LogP contribution >= 0.6 is 11.6 Å². The van der Waals surface area contributed by atoms with Crippen molar-refractivity contribution in [2.45, 2.75) is 38.1 Å². The van der Waals surface area contributed by atoms with Gasteiger partial charge in [0.05, 0.1) is 17.8 Å². The molecule has 1 amide bonds. The molecular weight excluding hydrogens is 411 g/mol. The van der Waals surface area contributed by atoms with E-state index < -0.39 is 11.9 Å². The Morgan fingerprint density at radius 3 is 2.97 bits per heavy atom. The molecule has 0 aromatic carbocycles. The number of H-pyrrole nitrogens is 1. The Balaban J connectivity index is 1.55. The Hall–Kier alpha value is -2.94. The van der Waals surface area contributed by atoms with E-state index in [2.05, 4.69) is 25.3 Å². The van der Waals surface area contributed by atoms with Gasteiger partial charge in [0.1, 0.15) is 5.65 Å². The maximum atomic E-state index is 14.5. The first-order valence-corrected chi connectivity index (χ1v) is 10.2. The topological polar surface area (TPSA) is 119 Å². The summed E-state index contributed by atoms with van der Waals surface area (Å²) in [6.45, 7) is 0.157. The predicted octanol–water partition coefficient (Wildman–Crippen LogP) is 4.27. The number of hydrogen-bond donors (Lipinski definition) is 3. The SMILES string of the molecule is NC(=O)OCC[C@H](CCC1CC1)Nc1nc(-c2c[nH]c3ncc(Cl)cc23)ncc1F. The van der Waals surface area contributed by atoms with E-state index in [0.717, 1.165) is 30.3 Å². The number of aromatic nitrogens is 4. The molecule has 3 aromatic heterocycles. The summed E-state index contributed by atoms with van der Waals surface area (Å²) in [6, 6.07) is 1.65. The third kappa shape index (κ3) is 4.96. The van der Waals surface area contributed by atoms with Gasteiger partial charge in [0.25, 0.3) is 0 Å². The van der Waals surface area contributed by atoms with Crippen molar-refractivity contribution in [3.8, 4) is 11.4 Å². The zero-order chi connectivity index (χ0) is 21.1. The van der Waals surface area contributed by atoms with Crippen molar-refractivity contribution in [2.75, 3.05) is 11.9 Å². The number of pyridine rings is 1. The minimum Gasteiger partial charge on any atom is -0.450 e. The van der Waals surface area contributed by atoms with Crippen molar-refractivity contribution >= 4 is 34.5 Å². The molecule has 1 atom stereocenters. The number of hydrogen-bond acceptors (Lipinski definition) is 6. The summed E-state index contributed by atoms with van der Waals surface area (Å²) in [5, 5.41) is 4.39. The van der Waals surface area contributed by atoms with Crippen molar-refractivity contribution in [3.05, 3.63) is 35.5 Å². The molecule has 10 heteroatoms. The van der Waals surface area contributed by atoms with Crippen molar-refractivity contribution in [1.82, 2.24) is 19.9 Å². The standard InChI is InChI=1S/C20H22ClFN6O2/c21-12-7-14-15(9-25-17(14)24-8-12)18-26-10-16(22)19(28-18)27-13(4-3-11-1-2-11)5-6-30-20(23)29/h7-11,13H,1-6H2,(H2,23,29)(H,24,25)(H,26,27,28)/t13-/m0/s1. The van der Waals surface area contributed by atoms with Crippen LogP contribution in [0.3, 0.4) is 0 Å². The number of nitrogens with zero attached hydrogens (tertiary/aromatic N) is 3. The summed E-state index contributed by atoms with van der Waals surface area (Å²) >= 11 is 6.06. The zero-order valence-electron chi connectivity index (χ0n) is 16.2. The number of rotatable bonds is 9. The lowest BCUT2D eigenvalue weighted by molar-refractivity contribution is 0.153. The van der Waals surface area contributed by atoms with Crippen LogP contribution < -0.4 is 11.1 Å². The molecule has 1 fully saturated rings. The molecule has 158 valence electrons. The van der Waals surface area contributed by atoms with Crippen LogP contribution in [0.25, 0.3) is 22.4 Å². The Morgan fingerprint density at radius 1 is 1.37 bits per heavy atom. The summed E-state index contributed by atoms with van der Waals surface area (Å²) in [7, 11) is 0. The number of nitrogens with one attached hydrogen (secondary N) is 2. The molecule has 0 spiro atoms. The lowest BCUT2D eigenvalue weighted by atomic mass is 10.1. The molecule has 0 saturated heterocycles. The summed E-state index contributed by atoms with van der Waals surface area (Å²) in [6.07, 6.45) is 8.39. The van der Waals surface area contributed by atoms with Gasteiger partial charge in [0.2, 0.25) is 0 Å². The number of fused-ring (bicyclic) bond motifs is 1. The van der Waals surface area contributed by atoms with Crippen LogP contribution in [-0.4, -0.2) is 38.7 Å². The first-order chi connectivity index (χ1) is 14.5. The highest BCUT2D eigenvalue weighted by atomic mass is 35.5. The van der Waals surface area contributed by atoms with E-state index in [4.69, 9.17) is 22.1 Å². The summed E-state index contributed by atoms with van der Waals surface area (Å²) in [4.78, 5) is 26.7. The second-order valence-electron chi connectivity index (χ2n) is 7.46. The highest BCUT2D eigenvalue weighted by Gasteiger charge is 2.23. The van der Waals surface area contributed by atoms with E-state index in [-0.39, 0.29) is 18.5 Å². The smallest absolute Gasteiger partial charge is 0.404 e. The summed E-state index contributed by atoms with van der Waals surface area (Å²) in [5.41, 5.74) is 6.36. The highest BCUT2D eigenvalue weighted by molar-refractivity contribution is 6.31. The second-order valence-corrected chi connectivity index (χ2v) is 7.90. The van der Waals surface area contributed by atoms with E-state index in [1.54, 1.807) is 18.5 Å². The molecule has 30 heavy (non-hydrogen) atoms. The molecule has 1 saturated carbocycles. The van der Waals surface area contributed by atoms with Gasteiger partial charge in [0.15, 0.2) is 17.5 Å². The van der Waals surface area contributed by atoms with Crippen LogP contribution in [0.15, 0.2) is 24.7 Å². The molecule has 0 unspecified atom stereocenters.